The molecule has 0 atom stereocenters. The zero-order chi connectivity index (χ0) is 7.68. The van der Waals surface area contributed by atoms with Crippen LogP contribution in [0.25, 0.3) is 0 Å². The maximum absolute atomic E-state index is 4.41. The number of allylic oxidation sites excluding steroid dienone is 4. The fraction of sp³-hybridized carbons (Fsp3) is 0.500. The van der Waals surface area contributed by atoms with Gasteiger partial charge in [0.05, 0.1) is 0 Å². The van der Waals surface area contributed by atoms with Crippen molar-refractivity contribution in [2.75, 3.05) is 0 Å². The largest absolute Gasteiger partial charge is 0.261 e. The molecular weight excluding hydrogens is 134 g/mol. The van der Waals surface area contributed by atoms with Crippen LogP contribution in [0, 0.1) is 0 Å². The third-order valence-corrected chi connectivity index (χ3v) is 2.38. The van der Waals surface area contributed by atoms with Crippen molar-refractivity contribution in [1.82, 2.24) is 0 Å². The molecule has 0 unspecified atom stereocenters. The summed E-state index contributed by atoms with van der Waals surface area (Å²) < 4.78 is 0. The number of nitrogens with zero attached hydrogens (tertiary/aromatic N) is 1. The molecule has 1 nitrogen and oxygen atoms in total. The number of rotatable bonds is 0. The van der Waals surface area contributed by atoms with Crippen LogP contribution in [-0.2, 0) is 0 Å². The molecule has 2 rings (SSSR count). The van der Waals surface area contributed by atoms with Crippen LogP contribution in [0.3, 0.4) is 0 Å². The maximum Gasteiger partial charge on any atom is 0.0398 e. The highest BCUT2D eigenvalue weighted by molar-refractivity contribution is 5.74. The van der Waals surface area contributed by atoms with Gasteiger partial charge in [0, 0.05) is 11.9 Å². The van der Waals surface area contributed by atoms with Crippen molar-refractivity contribution >= 4 is 6.21 Å². The summed E-state index contributed by atoms with van der Waals surface area (Å²) in [7, 11) is 0. The van der Waals surface area contributed by atoms with Gasteiger partial charge in [-0.15, -0.1) is 0 Å². The molecule has 11 heavy (non-hydrogen) atoms. The summed E-state index contributed by atoms with van der Waals surface area (Å²) in [4.78, 5) is 4.41. The topological polar surface area (TPSA) is 12.4 Å². The van der Waals surface area contributed by atoms with Gasteiger partial charge in [0.2, 0.25) is 0 Å². The lowest BCUT2D eigenvalue weighted by Crippen LogP contribution is -1.81. The van der Waals surface area contributed by atoms with Gasteiger partial charge in [0.1, 0.15) is 0 Å². The molecule has 0 N–H and O–H groups in total. The molecule has 2 aliphatic rings. The predicted octanol–water partition coefficient (Wildman–Crippen LogP) is 2.85. The van der Waals surface area contributed by atoms with Crippen LogP contribution in [0.5, 0.6) is 0 Å². The lowest BCUT2D eigenvalue weighted by atomic mass is 10.1. The summed E-state index contributed by atoms with van der Waals surface area (Å²) >= 11 is 0. The van der Waals surface area contributed by atoms with Crippen molar-refractivity contribution in [3.05, 3.63) is 22.9 Å². The van der Waals surface area contributed by atoms with Gasteiger partial charge in [-0.1, -0.05) is 5.57 Å². The monoisotopic (exact) mass is 147 g/mol. The van der Waals surface area contributed by atoms with E-state index >= 15 is 0 Å². The van der Waals surface area contributed by atoms with E-state index in [0.29, 0.717) is 0 Å². The molecule has 0 aromatic rings. The summed E-state index contributed by atoms with van der Waals surface area (Å²) in [6.07, 6.45) is 9.02. The Kier molecular flexibility index (Phi) is 1.65. The lowest BCUT2D eigenvalue weighted by Gasteiger charge is -1.99. The highest BCUT2D eigenvalue weighted by Gasteiger charge is 2.14. The van der Waals surface area contributed by atoms with Gasteiger partial charge in [-0.05, 0) is 44.3 Å². The van der Waals surface area contributed by atoms with E-state index in [1.54, 1.807) is 5.57 Å². The van der Waals surface area contributed by atoms with E-state index in [0.717, 1.165) is 6.42 Å². The molecule has 0 bridgehead atoms. The molecule has 1 aliphatic heterocycles. The number of hydrogen-bond acceptors (Lipinski definition) is 1. The van der Waals surface area contributed by atoms with Gasteiger partial charge in [0.25, 0.3) is 0 Å². The van der Waals surface area contributed by atoms with Crippen LogP contribution in [0.15, 0.2) is 27.9 Å². The van der Waals surface area contributed by atoms with Crippen LogP contribution in [0.4, 0.5) is 0 Å². The van der Waals surface area contributed by atoms with E-state index in [4.69, 9.17) is 0 Å². The van der Waals surface area contributed by atoms with E-state index in [9.17, 15) is 0 Å². The van der Waals surface area contributed by atoms with Crippen molar-refractivity contribution in [3.63, 3.8) is 0 Å². The molecule has 1 heterocycles. The summed E-state index contributed by atoms with van der Waals surface area (Å²) in [5, 5.41) is 0. The molecule has 0 saturated heterocycles. The Hall–Kier alpha value is -0.850. The maximum atomic E-state index is 4.41. The molecule has 0 saturated carbocycles. The highest BCUT2D eigenvalue weighted by atomic mass is 14.7. The quantitative estimate of drug-likeness (QED) is 0.499. The van der Waals surface area contributed by atoms with Crippen molar-refractivity contribution in [2.45, 2.75) is 32.6 Å². The van der Waals surface area contributed by atoms with E-state index in [2.05, 4.69) is 18.0 Å². The average molecular weight is 147 g/mol. The van der Waals surface area contributed by atoms with Crippen LogP contribution in [-0.4, -0.2) is 6.21 Å². The molecule has 1 heteroatoms. The Balaban J connectivity index is 2.30. The first kappa shape index (κ1) is 6.84. The third-order valence-electron chi connectivity index (χ3n) is 2.38. The molecule has 0 fully saturated rings. The Bertz CT molecular complexity index is 256. The second-order valence-electron chi connectivity index (χ2n) is 3.37. The molecule has 0 radical (unpaired) electrons. The summed E-state index contributed by atoms with van der Waals surface area (Å²) in [5.74, 6) is 0. The van der Waals surface area contributed by atoms with Crippen LogP contribution >= 0.6 is 0 Å². The van der Waals surface area contributed by atoms with E-state index in [-0.39, 0.29) is 0 Å². The minimum atomic E-state index is 1.16. The molecular formula is C10H13N. The second-order valence-corrected chi connectivity index (χ2v) is 3.37. The number of hydrogen-bond donors (Lipinski definition) is 0. The third kappa shape index (κ3) is 1.28. The summed E-state index contributed by atoms with van der Waals surface area (Å²) in [5.41, 5.74) is 4.38. The molecule has 1 aliphatic carbocycles. The Morgan fingerprint density at radius 1 is 1.36 bits per heavy atom. The van der Waals surface area contributed by atoms with Crippen LogP contribution in [0.2, 0.25) is 0 Å². The molecule has 0 aromatic heterocycles. The average Bonchev–Trinajstić information content (AvgIpc) is 2.31. The Morgan fingerprint density at radius 2 is 2.27 bits per heavy atom. The SMILES string of the molecule is CC1=CC=NC2=C(CCC2)C1. The Morgan fingerprint density at radius 3 is 3.18 bits per heavy atom. The van der Waals surface area contributed by atoms with Crippen LogP contribution in [0.1, 0.15) is 32.6 Å². The van der Waals surface area contributed by atoms with Gasteiger partial charge in [-0.25, -0.2) is 0 Å². The summed E-state index contributed by atoms with van der Waals surface area (Å²) in [6.45, 7) is 2.18. The minimum absolute atomic E-state index is 1.16. The van der Waals surface area contributed by atoms with Crippen molar-refractivity contribution in [2.24, 2.45) is 4.99 Å². The van der Waals surface area contributed by atoms with Gasteiger partial charge in [-0.2, -0.15) is 0 Å². The summed E-state index contributed by atoms with van der Waals surface area (Å²) in [6, 6.07) is 0. The van der Waals surface area contributed by atoms with E-state index in [1.165, 1.54) is 30.5 Å². The fourth-order valence-corrected chi connectivity index (χ4v) is 1.79. The van der Waals surface area contributed by atoms with E-state index < -0.39 is 0 Å². The zero-order valence-corrected chi connectivity index (χ0v) is 6.93. The molecule has 0 spiro atoms. The van der Waals surface area contributed by atoms with E-state index in [1.807, 2.05) is 6.21 Å². The first-order chi connectivity index (χ1) is 5.36. The zero-order valence-electron chi connectivity index (χ0n) is 6.93. The lowest BCUT2D eigenvalue weighted by molar-refractivity contribution is 0.874. The van der Waals surface area contributed by atoms with Gasteiger partial charge < -0.3 is 0 Å². The van der Waals surface area contributed by atoms with Gasteiger partial charge >= 0.3 is 0 Å². The smallest absolute Gasteiger partial charge is 0.0398 e. The predicted molar refractivity (Wildman–Crippen MR) is 47.7 cm³/mol. The molecule has 58 valence electrons. The number of aliphatic imine (C=N–C) groups is 1. The minimum Gasteiger partial charge on any atom is -0.261 e. The Labute approximate surface area is 67.5 Å². The first-order valence-electron chi connectivity index (χ1n) is 4.27. The van der Waals surface area contributed by atoms with Crippen molar-refractivity contribution in [3.8, 4) is 0 Å². The molecule has 0 amide bonds. The van der Waals surface area contributed by atoms with Gasteiger partial charge in [-0.3, -0.25) is 4.99 Å². The first-order valence-corrected chi connectivity index (χ1v) is 4.27. The fourth-order valence-electron chi connectivity index (χ4n) is 1.79. The normalized spacial score (nSPS) is 23.2. The highest BCUT2D eigenvalue weighted by Crippen LogP contribution is 2.32. The second kappa shape index (κ2) is 2.65. The van der Waals surface area contributed by atoms with Crippen molar-refractivity contribution in [1.29, 1.82) is 0 Å². The molecule has 0 aromatic carbocycles. The van der Waals surface area contributed by atoms with Gasteiger partial charge in [0.15, 0.2) is 0 Å². The standard InChI is InChI=1S/C10H13N/c1-8-5-6-11-10-4-2-3-9(10)7-8/h5-6H,2-4,7H2,1H3. The van der Waals surface area contributed by atoms with Crippen molar-refractivity contribution < 1.29 is 0 Å². The van der Waals surface area contributed by atoms with Crippen LogP contribution < -0.4 is 0 Å².